The lowest BCUT2D eigenvalue weighted by molar-refractivity contribution is -0.120. The van der Waals surface area contributed by atoms with E-state index in [2.05, 4.69) is 16.8 Å². The number of hydrogen-bond donors (Lipinski definition) is 0. The Kier molecular flexibility index (Phi) is 5.21. The Morgan fingerprint density at radius 1 is 1.16 bits per heavy atom. The van der Waals surface area contributed by atoms with Crippen LogP contribution in [-0.2, 0) is 4.79 Å². The summed E-state index contributed by atoms with van der Waals surface area (Å²) < 4.78 is 10.7. The summed E-state index contributed by atoms with van der Waals surface area (Å²) in [6, 6.07) is 16.5. The normalized spacial score (nSPS) is 10.2. The quantitative estimate of drug-likeness (QED) is 0.620. The zero-order chi connectivity index (χ0) is 17.5. The van der Waals surface area contributed by atoms with E-state index in [0.29, 0.717) is 18.2 Å². The fourth-order valence-corrected chi connectivity index (χ4v) is 2.30. The number of hydrogen-bond acceptors (Lipinski definition) is 5. The summed E-state index contributed by atoms with van der Waals surface area (Å²) in [5.74, 6) is 0.874. The Morgan fingerprint density at radius 2 is 1.92 bits per heavy atom. The van der Waals surface area contributed by atoms with Gasteiger partial charge in [-0.2, -0.15) is 0 Å². The average Bonchev–Trinajstić information content (AvgIpc) is 3.20. The molecular formula is C19H17N3O3. The number of nitrogens with zero attached hydrogens (tertiary/aromatic N) is 3. The SMILES string of the molecule is C=CCN(C(=O)COc1ccc(-c2nnco2)cc1)c1ccccc1. The van der Waals surface area contributed by atoms with Gasteiger partial charge >= 0.3 is 0 Å². The second kappa shape index (κ2) is 7.92. The van der Waals surface area contributed by atoms with Crippen LogP contribution in [0.4, 0.5) is 5.69 Å². The maximum Gasteiger partial charge on any atom is 0.265 e. The van der Waals surface area contributed by atoms with Crippen LogP contribution in [0.2, 0.25) is 0 Å². The smallest absolute Gasteiger partial charge is 0.265 e. The van der Waals surface area contributed by atoms with Crippen LogP contribution in [0.3, 0.4) is 0 Å². The highest BCUT2D eigenvalue weighted by molar-refractivity contribution is 5.94. The molecule has 6 heteroatoms. The molecule has 0 aliphatic heterocycles. The van der Waals surface area contributed by atoms with E-state index < -0.39 is 0 Å². The number of para-hydroxylation sites is 1. The van der Waals surface area contributed by atoms with Crippen molar-refractivity contribution in [3.8, 4) is 17.2 Å². The Morgan fingerprint density at radius 3 is 2.56 bits per heavy atom. The predicted molar refractivity (Wildman–Crippen MR) is 94.2 cm³/mol. The van der Waals surface area contributed by atoms with Gasteiger partial charge < -0.3 is 14.1 Å². The Bertz CT molecular complexity index is 815. The summed E-state index contributed by atoms with van der Waals surface area (Å²) in [6.07, 6.45) is 2.96. The first-order chi connectivity index (χ1) is 12.3. The number of amides is 1. The van der Waals surface area contributed by atoms with Crippen LogP contribution in [0.15, 0.2) is 78.1 Å². The fourth-order valence-electron chi connectivity index (χ4n) is 2.30. The van der Waals surface area contributed by atoms with E-state index in [1.54, 1.807) is 35.2 Å². The van der Waals surface area contributed by atoms with Crippen molar-refractivity contribution < 1.29 is 13.9 Å². The van der Waals surface area contributed by atoms with Crippen molar-refractivity contribution in [2.75, 3.05) is 18.1 Å². The minimum absolute atomic E-state index is 0.0668. The average molecular weight is 335 g/mol. The molecule has 126 valence electrons. The van der Waals surface area contributed by atoms with Gasteiger partial charge in [-0.3, -0.25) is 4.79 Å². The number of carbonyl (C=O) groups excluding carboxylic acids is 1. The first-order valence-corrected chi connectivity index (χ1v) is 7.73. The van der Waals surface area contributed by atoms with Crippen LogP contribution in [0, 0.1) is 0 Å². The van der Waals surface area contributed by atoms with Crippen molar-refractivity contribution in [1.29, 1.82) is 0 Å². The molecule has 0 aliphatic carbocycles. The number of ether oxygens (including phenoxy) is 1. The summed E-state index contributed by atoms with van der Waals surface area (Å²) in [4.78, 5) is 14.1. The first-order valence-electron chi connectivity index (χ1n) is 7.73. The zero-order valence-electron chi connectivity index (χ0n) is 13.5. The summed E-state index contributed by atoms with van der Waals surface area (Å²) in [7, 11) is 0. The van der Waals surface area contributed by atoms with Crippen LogP contribution in [0.5, 0.6) is 5.75 Å². The molecule has 0 saturated heterocycles. The molecule has 1 heterocycles. The topological polar surface area (TPSA) is 68.5 Å². The standard InChI is InChI=1S/C19H17N3O3/c1-2-12-22(16-6-4-3-5-7-16)18(23)13-24-17-10-8-15(9-11-17)19-21-20-14-25-19/h2-11,14H,1,12-13H2. The highest BCUT2D eigenvalue weighted by Crippen LogP contribution is 2.20. The molecule has 25 heavy (non-hydrogen) atoms. The van der Waals surface area contributed by atoms with Gasteiger partial charge in [0.05, 0.1) is 0 Å². The van der Waals surface area contributed by atoms with Gasteiger partial charge in [-0.1, -0.05) is 24.3 Å². The first kappa shape index (κ1) is 16.4. The highest BCUT2D eigenvalue weighted by atomic mass is 16.5. The third-order valence-corrected chi connectivity index (χ3v) is 3.50. The predicted octanol–water partition coefficient (Wildman–Crippen LogP) is 3.33. The molecule has 0 aliphatic rings. The summed E-state index contributed by atoms with van der Waals surface area (Å²) in [6.45, 7) is 4.06. The van der Waals surface area contributed by atoms with E-state index in [9.17, 15) is 4.79 Å². The lowest BCUT2D eigenvalue weighted by atomic mass is 10.2. The molecule has 0 N–H and O–H groups in total. The van der Waals surface area contributed by atoms with Gasteiger partial charge in [0.15, 0.2) is 6.61 Å². The van der Waals surface area contributed by atoms with Crippen molar-refractivity contribution >= 4 is 11.6 Å². The Balaban J connectivity index is 1.63. The van der Waals surface area contributed by atoms with Crippen LogP contribution in [0.1, 0.15) is 0 Å². The minimum atomic E-state index is -0.146. The van der Waals surface area contributed by atoms with E-state index in [1.165, 1.54) is 6.39 Å². The highest BCUT2D eigenvalue weighted by Gasteiger charge is 2.15. The van der Waals surface area contributed by atoms with Gasteiger partial charge in [0.1, 0.15) is 5.75 Å². The molecule has 1 amide bonds. The van der Waals surface area contributed by atoms with Gasteiger partial charge in [-0.15, -0.1) is 16.8 Å². The number of anilines is 1. The monoisotopic (exact) mass is 335 g/mol. The summed E-state index contributed by atoms with van der Waals surface area (Å²) in [5.41, 5.74) is 1.59. The molecule has 0 radical (unpaired) electrons. The molecule has 0 bridgehead atoms. The third-order valence-electron chi connectivity index (χ3n) is 3.50. The molecule has 6 nitrogen and oxygen atoms in total. The molecule has 0 spiro atoms. The maximum atomic E-state index is 12.5. The zero-order valence-corrected chi connectivity index (χ0v) is 13.5. The van der Waals surface area contributed by atoms with Gasteiger partial charge in [0, 0.05) is 17.8 Å². The van der Waals surface area contributed by atoms with Crippen molar-refractivity contribution in [1.82, 2.24) is 10.2 Å². The van der Waals surface area contributed by atoms with Gasteiger partial charge in [0.2, 0.25) is 12.3 Å². The molecule has 3 aromatic rings. The molecule has 3 rings (SSSR count). The van der Waals surface area contributed by atoms with E-state index in [4.69, 9.17) is 9.15 Å². The molecule has 0 saturated carbocycles. The number of carbonyl (C=O) groups is 1. The third kappa shape index (κ3) is 4.11. The molecule has 1 aromatic heterocycles. The van der Waals surface area contributed by atoms with Crippen molar-refractivity contribution in [3.63, 3.8) is 0 Å². The number of rotatable bonds is 7. The lowest BCUT2D eigenvalue weighted by Gasteiger charge is -2.21. The van der Waals surface area contributed by atoms with Crippen molar-refractivity contribution in [2.45, 2.75) is 0 Å². The van der Waals surface area contributed by atoms with E-state index in [-0.39, 0.29) is 12.5 Å². The van der Waals surface area contributed by atoms with Crippen LogP contribution in [0.25, 0.3) is 11.5 Å². The second-order valence-electron chi connectivity index (χ2n) is 5.19. The number of benzene rings is 2. The van der Waals surface area contributed by atoms with E-state index >= 15 is 0 Å². The van der Waals surface area contributed by atoms with Crippen molar-refractivity contribution in [3.05, 3.63) is 73.6 Å². The van der Waals surface area contributed by atoms with E-state index in [1.807, 2.05) is 30.3 Å². The van der Waals surface area contributed by atoms with E-state index in [0.717, 1.165) is 11.3 Å². The van der Waals surface area contributed by atoms with Crippen LogP contribution < -0.4 is 9.64 Å². The molecular weight excluding hydrogens is 318 g/mol. The van der Waals surface area contributed by atoms with Gasteiger partial charge in [-0.25, -0.2) is 0 Å². The number of aromatic nitrogens is 2. The lowest BCUT2D eigenvalue weighted by Crippen LogP contribution is -2.35. The minimum Gasteiger partial charge on any atom is -0.484 e. The Labute approximate surface area is 145 Å². The van der Waals surface area contributed by atoms with Gasteiger partial charge in [-0.05, 0) is 36.4 Å². The second-order valence-corrected chi connectivity index (χ2v) is 5.19. The van der Waals surface area contributed by atoms with Crippen LogP contribution >= 0.6 is 0 Å². The molecule has 0 unspecified atom stereocenters. The Hall–Kier alpha value is -3.41. The fraction of sp³-hybridized carbons (Fsp3) is 0.105. The molecule has 0 atom stereocenters. The van der Waals surface area contributed by atoms with Crippen LogP contribution in [-0.4, -0.2) is 29.3 Å². The largest absolute Gasteiger partial charge is 0.484 e. The molecule has 0 fully saturated rings. The molecule has 2 aromatic carbocycles. The summed E-state index contributed by atoms with van der Waals surface area (Å²) in [5, 5.41) is 7.48. The summed E-state index contributed by atoms with van der Waals surface area (Å²) >= 11 is 0. The van der Waals surface area contributed by atoms with Gasteiger partial charge in [0.25, 0.3) is 5.91 Å². The van der Waals surface area contributed by atoms with Crippen molar-refractivity contribution in [2.24, 2.45) is 0 Å². The maximum absolute atomic E-state index is 12.5.